The van der Waals surface area contributed by atoms with E-state index < -0.39 is 6.03 Å². The molecule has 0 radical (unpaired) electrons. The molecule has 1 rings (SSSR count). The smallest absolute Gasteiger partial charge is 0.269 e. The molecule has 0 bridgehead atoms. The fourth-order valence-corrected chi connectivity index (χ4v) is 1.01. The number of hydrogen-bond donors (Lipinski definition) is 1. The van der Waals surface area contributed by atoms with E-state index in [4.69, 9.17) is 10.1 Å². The molecule has 0 aromatic heterocycles. The van der Waals surface area contributed by atoms with Gasteiger partial charge in [-0.25, -0.2) is 10.3 Å². The topological polar surface area (TPSA) is 65.4 Å². The first-order valence-electron chi connectivity index (χ1n) is 4.85. The second-order valence-electron chi connectivity index (χ2n) is 3.34. The van der Waals surface area contributed by atoms with Crippen LogP contribution in [0.2, 0.25) is 0 Å². The lowest BCUT2D eigenvalue weighted by molar-refractivity contribution is 0.0187. The predicted octanol–water partition coefficient (Wildman–Crippen LogP) is 2.02. The number of hydrogen-bond acceptors (Lipinski definition) is 3. The lowest BCUT2D eigenvalue weighted by Crippen LogP contribution is -2.38. The Kier molecular flexibility index (Phi) is 4.30. The van der Waals surface area contributed by atoms with Crippen LogP contribution in [0.4, 0.5) is 10.5 Å². The third-order valence-electron chi connectivity index (χ3n) is 1.70. The average Bonchev–Trinajstić information content (AvgIpc) is 2.29. The van der Waals surface area contributed by atoms with Gasteiger partial charge >= 0.3 is 6.03 Å². The summed E-state index contributed by atoms with van der Waals surface area (Å²) in [5, 5.41) is 8.87. The number of hydroxylamine groups is 1. The number of para-hydroxylation sites is 1. The first-order valence-corrected chi connectivity index (χ1v) is 4.85. The van der Waals surface area contributed by atoms with Crippen LogP contribution in [-0.2, 0) is 4.84 Å². The van der Waals surface area contributed by atoms with Gasteiger partial charge in [0.05, 0.1) is 11.8 Å². The maximum atomic E-state index is 11.5. The van der Waals surface area contributed by atoms with Gasteiger partial charge in [-0.1, -0.05) is 18.2 Å². The van der Waals surface area contributed by atoms with Crippen molar-refractivity contribution in [3.05, 3.63) is 30.3 Å². The van der Waals surface area contributed by atoms with Crippen LogP contribution in [0.25, 0.3) is 0 Å². The Hall–Kier alpha value is -2.06. The van der Waals surface area contributed by atoms with Crippen LogP contribution in [0.15, 0.2) is 30.3 Å². The van der Waals surface area contributed by atoms with E-state index in [1.807, 2.05) is 6.07 Å². The van der Waals surface area contributed by atoms with E-state index in [1.54, 1.807) is 44.3 Å². The van der Waals surface area contributed by atoms with Gasteiger partial charge in [0.1, 0.15) is 0 Å². The quantitative estimate of drug-likeness (QED) is 0.480. The molecule has 84 valence electrons. The molecule has 1 aromatic rings. The van der Waals surface area contributed by atoms with Crippen LogP contribution < -0.4 is 10.4 Å². The lowest BCUT2D eigenvalue weighted by Gasteiger charge is -2.15. The molecule has 0 spiro atoms. The SMILES string of the molecule is CC(C)ONC(=O)N(C#N)c1ccccc1. The Bertz CT molecular complexity index is 384. The first-order chi connectivity index (χ1) is 7.65. The van der Waals surface area contributed by atoms with Crippen LogP contribution in [0.1, 0.15) is 13.8 Å². The van der Waals surface area contributed by atoms with Crippen molar-refractivity contribution in [3.8, 4) is 6.19 Å². The minimum atomic E-state index is -0.609. The third kappa shape index (κ3) is 3.26. The highest BCUT2D eigenvalue weighted by atomic mass is 16.7. The molecule has 0 saturated heterocycles. The van der Waals surface area contributed by atoms with Gasteiger partial charge in [-0.2, -0.15) is 10.2 Å². The van der Waals surface area contributed by atoms with Gasteiger partial charge in [-0.3, -0.25) is 4.84 Å². The zero-order chi connectivity index (χ0) is 12.0. The number of carbonyl (C=O) groups is 1. The predicted molar refractivity (Wildman–Crippen MR) is 59.3 cm³/mol. The molecule has 5 nitrogen and oxygen atoms in total. The molecule has 0 unspecified atom stereocenters. The molecule has 16 heavy (non-hydrogen) atoms. The molecule has 1 aromatic carbocycles. The maximum Gasteiger partial charge on any atom is 0.359 e. The highest BCUT2D eigenvalue weighted by Crippen LogP contribution is 2.11. The molecular formula is C11H13N3O2. The van der Waals surface area contributed by atoms with E-state index >= 15 is 0 Å². The van der Waals surface area contributed by atoms with Crippen molar-refractivity contribution in [2.75, 3.05) is 4.90 Å². The van der Waals surface area contributed by atoms with Crippen molar-refractivity contribution < 1.29 is 9.63 Å². The van der Waals surface area contributed by atoms with Crippen LogP contribution in [0, 0.1) is 11.5 Å². The van der Waals surface area contributed by atoms with Gasteiger partial charge in [0.25, 0.3) is 0 Å². The number of rotatable bonds is 3. The molecule has 2 amide bonds. The largest absolute Gasteiger partial charge is 0.359 e. The molecule has 0 fully saturated rings. The molecule has 0 saturated carbocycles. The lowest BCUT2D eigenvalue weighted by atomic mass is 10.3. The standard InChI is InChI=1S/C11H13N3O2/c1-9(2)16-13-11(15)14(8-12)10-6-4-3-5-7-10/h3-7,9H,1-2H3,(H,13,15). The van der Waals surface area contributed by atoms with Crippen LogP contribution in [-0.4, -0.2) is 12.1 Å². The number of urea groups is 1. The van der Waals surface area contributed by atoms with Crippen LogP contribution in [0.3, 0.4) is 0 Å². The highest BCUT2D eigenvalue weighted by Gasteiger charge is 2.15. The summed E-state index contributed by atoms with van der Waals surface area (Å²) in [4.78, 5) is 17.4. The van der Waals surface area contributed by atoms with Gasteiger partial charge in [0.15, 0.2) is 6.19 Å². The van der Waals surface area contributed by atoms with E-state index in [0.717, 1.165) is 4.90 Å². The summed E-state index contributed by atoms with van der Waals surface area (Å²) < 4.78 is 0. The Morgan fingerprint density at radius 3 is 2.56 bits per heavy atom. The second kappa shape index (κ2) is 5.73. The van der Waals surface area contributed by atoms with Crippen molar-refractivity contribution in [1.82, 2.24) is 5.48 Å². The van der Waals surface area contributed by atoms with Crippen LogP contribution >= 0.6 is 0 Å². The van der Waals surface area contributed by atoms with Crippen molar-refractivity contribution in [2.24, 2.45) is 0 Å². The summed E-state index contributed by atoms with van der Waals surface area (Å²) in [7, 11) is 0. The fraction of sp³-hybridized carbons (Fsp3) is 0.273. The van der Waals surface area contributed by atoms with Gasteiger partial charge in [-0.05, 0) is 26.0 Å². The van der Waals surface area contributed by atoms with Crippen LogP contribution in [0.5, 0.6) is 0 Å². The second-order valence-corrected chi connectivity index (χ2v) is 3.34. The zero-order valence-corrected chi connectivity index (χ0v) is 9.18. The summed E-state index contributed by atoms with van der Waals surface area (Å²) in [6, 6.07) is 8.02. The molecule has 5 heteroatoms. The van der Waals surface area contributed by atoms with E-state index in [0.29, 0.717) is 5.69 Å². The number of amides is 2. The zero-order valence-electron chi connectivity index (χ0n) is 9.18. The number of nitrogens with one attached hydrogen (secondary N) is 1. The molecule has 0 aliphatic heterocycles. The first kappa shape index (κ1) is 12.0. The number of nitriles is 1. The fourth-order valence-electron chi connectivity index (χ4n) is 1.01. The molecule has 1 N–H and O–H groups in total. The van der Waals surface area contributed by atoms with Crippen molar-refractivity contribution in [1.29, 1.82) is 5.26 Å². The number of benzene rings is 1. The number of carbonyl (C=O) groups excluding carboxylic acids is 1. The van der Waals surface area contributed by atoms with Gasteiger partial charge in [0.2, 0.25) is 0 Å². The average molecular weight is 219 g/mol. The Morgan fingerprint density at radius 1 is 1.44 bits per heavy atom. The van der Waals surface area contributed by atoms with E-state index in [2.05, 4.69) is 5.48 Å². The number of anilines is 1. The minimum Gasteiger partial charge on any atom is -0.269 e. The van der Waals surface area contributed by atoms with Gasteiger partial charge in [0, 0.05) is 0 Å². The van der Waals surface area contributed by atoms with E-state index in [1.165, 1.54) is 0 Å². The summed E-state index contributed by atoms with van der Waals surface area (Å²) in [6.07, 6.45) is 1.64. The molecule has 0 aliphatic carbocycles. The van der Waals surface area contributed by atoms with Crippen molar-refractivity contribution >= 4 is 11.7 Å². The minimum absolute atomic E-state index is 0.139. The third-order valence-corrected chi connectivity index (χ3v) is 1.70. The Labute approximate surface area is 94.2 Å². The maximum absolute atomic E-state index is 11.5. The summed E-state index contributed by atoms with van der Waals surface area (Å²) in [6.45, 7) is 3.55. The summed E-state index contributed by atoms with van der Waals surface area (Å²) in [5.41, 5.74) is 2.69. The van der Waals surface area contributed by atoms with E-state index in [-0.39, 0.29) is 6.10 Å². The summed E-state index contributed by atoms with van der Waals surface area (Å²) in [5.74, 6) is 0. The Morgan fingerprint density at radius 2 is 2.06 bits per heavy atom. The van der Waals surface area contributed by atoms with E-state index in [9.17, 15) is 4.79 Å². The normalized spacial score (nSPS) is 9.62. The Balaban J connectivity index is 2.69. The molecule has 0 aliphatic rings. The molecule has 0 atom stereocenters. The summed E-state index contributed by atoms with van der Waals surface area (Å²) >= 11 is 0. The van der Waals surface area contributed by atoms with Gasteiger partial charge < -0.3 is 0 Å². The monoisotopic (exact) mass is 219 g/mol. The molecule has 0 heterocycles. The van der Waals surface area contributed by atoms with Crippen molar-refractivity contribution in [2.45, 2.75) is 20.0 Å². The van der Waals surface area contributed by atoms with Gasteiger partial charge in [-0.15, -0.1) is 0 Å². The number of nitrogens with zero attached hydrogens (tertiary/aromatic N) is 2. The van der Waals surface area contributed by atoms with Crippen molar-refractivity contribution in [3.63, 3.8) is 0 Å². The molecular weight excluding hydrogens is 206 g/mol. The highest BCUT2D eigenvalue weighted by molar-refractivity contribution is 5.93.